The molecule has 1 aromatic heterocycles. The van der Waals surface area contributed by atoms with Crippen molar-refractivity contribution in [2.75, 3.05) is 11.9 Å². The number of nitrogens with zero attached hydrogens (tertiary/aromatic N) is 2. The molecule has 0 amide bonds. The maximum atomic E-state index is 5.72. The summed E-state index contributed by atoms with van der Waals surface area (Å²) >= 11 is 0. The molecule has 0 aliphatic carbocycles. The van der Waals surface area contributed by atoms with Crippen LogP contribution >= 0.6 is 0 Å². The van der Waals surface area contributed by atoms with E-state index in [4.69, 9.17) is 5.73 Å². The van der Waals surface area contributed by atoms with Gasteiger partial charge in [-0.25, -0.2) is 0 Å². The van der Waals surface area contributed by atoms with E-state index in [1.54, 1.807) is 0 Å². The van der Waals surface area contributed by atoms with E-state index in [9.17, 15) is 0 Å². The average Bonchev–Trinajstić information content (AvgIpc) is 2.33. The molecule has 0 spiro atoms. The number of fused-ring (bicyclic) bond motifs is 1. The van der Waals surface area contributed by atoms with Gasteiger partial charge in [0.15, 0.2) is 5.82 Å². The summed E-state index contributed by atoms with van der Waals surface area (Å²) in [7, 11) is 0. The molecule has 0 saturated heterocycles. The van der Waals surface area contributed by atoms with Crippen molar-refractivity contribution in [1.29, 1.82) is 0 Å². The Kier molecular flexibility index (Phi) is 2.98. The smallest absolute Gasteiger partial charge is 0.157 e. The highest BCUT2D eigenvalue weighted by molar-refractivity contribution is 5.93. The van der Waals surface area contributed by atoms with Crippen molar-refractivity contribution in [3.8, 4) is 0 Å². The molecule has 0 bridgehead atoms. The molecule has 0 aliphatic heterocycles. The zero-order chi connectivity index (χ0) is 12.5. The van der Waals surface area contributed by atoms with Gasteiger partial charge in [0.25, 0.3) is 0 Å². The molecule has 0 radical (unpaired) electrons. The molecule has 0 fully saturated rings. The lowest BCUT2D eigenvalue weighted by Crippen LogP contribution is -2.39. The maximum Gasteiger partial charge on any atom is 0.157 e. The summed E-state index contributed by atoms with van der Waals surface area (Å²) in [6, 6.07) is 8.12. The lowest BCUT2D eigenvalue weighted by Gasteiger charge is -2.25. The summed E-state index contributed by atoms with van der Waals surface area (Å²) in [5, 5.41) is 13.9. The summed E-state index contributed by atoms with van der Waals surface area (Å²) in [6.07, 6.45) is 0. The minimum absolute atomic E-state index is 0.188. The maximum absolute atomic E-state index is 5.72. The Morgan fingerprint density at radius 2 is 1.82 bits per heavy atom. The highest BCUT2D eigenvalue weighted by Crippen LogP contribution is 2.24. The van der Waals surface area contributed by atoms with Gasteiger partial charge in [0, 0.05) is 22.9 Å². The Balaban J connectivity index is 2.52. The summed E-state index contributed by atoms with van der Waals surface area (Å²) in [4.78, 5) is 0. The first kappa shape index (κ1) is 11.8. The molecule has 0 aliphatic rings. The first-order valence-corrected chi connectivity index (χ1v) is 5.74. The Morgan fingerprint density at radius 1 is 1.18 bits per heavy atom. The van der Waals surface area contributed by atoms with Crippen LogP contribution in [0.1, 0.15) is 19.5 Å². The van der Waals surface area contributed by atoms with Gasteiger partial charge < -0.3 is 11.1 Å². The molecule has 2 rings (SSSR count). The van der Waals surface area contributed by atoms with Crippen molar-refractivity contribution < 1.29 is 0 Å². The number of nitrogens with one attached hydrogen (secondary N) is 1. The van der Waals surface area contributed by atoms with E-state index in [2.05, 4.69) is 21.6 Å². The molecule has 2 aromatic rings. The highest BCUT2D eigenvalue weighted by Gasteiger charge is 2.17. The van der Waals surface area contributed by atoms with Gasteiger partial charge in [-0.3, -0.25) is 0 Å². The normalized spacial score (nSPS) is 11.8. The number of rotatable bonds is 3. The van der Waals surface area contributed by atoms with Crippen LogP contribution in [0.3, 0.4) is 0 Å². The summed E-state index contributed by atoms with van der Waals surface area (Å²) in [5.74, 6) is 0.793. The number of aromatic nitrogens is 2. The molecular weight excluding hydrogens is 212 g/mol. The number of anilines is 1. The molecule has 0 unspecified atom stereocenters. The molecule has 3 N–H and O–H groups in total. The quantitative estimate of drug-likeness (QED) is 0.847. The monoisotopic (exact) mass is 230 g/mol. The van der Waals surface area contributed by atoms with Gasteiger partial charge in [0.05, 0.1) is 5.69 Å². The molecule has 4 nitrogen and oxygen atoms in total. The van der Waals surface area contributed by atoms with Crippen molar-refractivity contribution in [2.45, 2.75) is 26.3 Å². The molecular formula is C13H18N4. The number of nitrogens with two attached hydrogens (primary N) is 1. The van der Waals surface area contributed by atoms with Crippen molar-refractivity contribution in [3.05, 3.63) is 30.0 Å². The van der Waals surface area contributed by atoms with Crippen LogP contribution < -0.4 is 11.1 Å². The Morgan fingerprint density at radius 3 is 2.47 bits per heavy atom. The zero-order valence-corrected chi connectivity index (χ0v) is 10.5. The molecule has 0 atom stereocenters. The molecule has 90 valence electrons. The third kappa shape index (κ3) is 2.36. The standard InChI is InChI=1S/C13H18N4/c1-9-10-6-4-5-7-11(10)12(17-16-9)15-13(2,3)8-14/h4-7H,8,14H2,1-3H3,(H,15,17). The number of benzene rings is 1. The fourth-order valence-corrected chi connectivity index (χ4v) is 1.70. The van der Waals surface area contributed by atoms with Gasteiger partial charge in [-0.05, 0) is 20.8 Å². The largest absolute Gasteiger partial charge is 0.362 e. The topological polar surface area (TPSA) is 63.8 Å². The second-order valence-corrected chi connectivity index (χ2v) is 4.89. The average molecular weight is 230 g/mol. The van der Waals surface area contributed by atoms with Crippen molar-refractivity contribution in [1.82, 2.24) is 10.2 Å². The van der Waals surface area contributed by atoms with E-state index < -0.39 is 0 Å². The van der Waals surface area contributed by atoms with E-state index in [0.717, 1.165) is 22.3 Å². The first-order chi connectivity index (χ1) is 8.03. The SMILES string of the molecule is Cc1nnc(NC(C)(C)CN)c2ccccc12. The van der Waals surface area contributed by atoms with Crippen LogP contribution in [0.5, 0.6) is 0 Å². The molecule has 1 heterocycles. The van der Waals surface area contributed by atoms with Crippen LogP contribution in [0.2, 0.25) is 0 Å². The Bertz CT molecular complexity index is 534. The van der Waals surface area contributed by atoms with Crippen molar-refractivity contribution >= 4 is 16.6 Å². The Labute approximate surface area is 101 Å². The second kappa shape index (κ2) is 4.30. The summed E-state index contributed by atoms with van der Waals surface area (Å²) < 4.78 is 0. The van der Waals surface area contributed by atoms with Crippen LogP contribution in [0, 0.1) is 6.92 Å². The lowest BCUT2D eigenvalue weighted by molar-refractivity contribution is 0.577. The van der Waals surface area contributed by atoms with E-state index in [1.165, 1.54) is 0 Å². The molecule has 0 saturated carbocycles. The fraction of sp³-hybridized carbons (Fsp3) is 0.385. The van der Waals surface area contributed by atoms with Gasteiger partial charge in [-0.15, -0.1) is 5.10 Å². The number of hydrogen-bond acceptors (Lipinski definition) is 4. The van der Waals surface area contributed by atoms with Gasteiger partial charge in [-0.1, -0.05) is 24.3 Å². The third-order valence-corrected chi connectivity index (χ3v) is 2.84. The molecule has 17 heavy (non-hydrogen) atoms. The van der Waals surface area contributed by atoms with Crippen LogP contribution in [-0.2, 0) is 0 Å². The summed E-state index contributed by atoms with van der Waals surface area (Å²) in [6.45, 7) is 6.59. The predicted molar refractivity (Wildman–Crippen MR) is 71.0 cm³/mol. The molecule has 4 heteroatoms. The van der Waals surface area contributed by atoms with Gasteiger partial charge in [0.2, 0.25) is 0 Å². The van der Waals surface area contributed by atoms with Crippen LogP contribution in [0.4, 0.5) is 5.82 Å². The minimum atomic E-state index is -0.188. The van der Waals surface area contributed by atoms with Gasteiger partial charge >= 0.3 is 0 Å². The van der Waals surface area contributed by atoms with E-state index in [-0.39, 0.29) is 5.54 Å². The minimum Gasteiger partial charge on any atom is -0.362 e. The van der Waals surface area contributed by atoms with Crippen LogP contribution in [0.25, 0.3) is 10.8 Å². The lowest BCUT2D eigenvalue weighted by atomic mass is 10.1. The number of hydrogen-bond donors (Lipinski definition) is 2. The zero-order valence-electron chi connectivity index (χ0n) is 10.5. The highest BCUT2D eigenvalue weighted by atomic mass is 15.2. The Hall–Kier alpha value is -1.68. The van der Waals surface area contributed by atoms with Crippen LogP contribution in [-0.4, -0.2) is 22.3 Å². The van der Waals surface area contributed by atoms with E-state index >= 15 is 0 Å². The third-order valence-electron chi connectivity index (χ3n) is 2.84. The number of aryl methyl sites for hydroxylation is 1. The van der Waals surface area contributed by atoms with E-state index in [0.29, 0.717) is 6.54 Å². The van der Waals surface area contributed by atoms with Crippen molar-refractivity contribution in [2.24, 2.45) is 5.73 Å². The van der Waals surface area contributed by atoms with Gasteiger partial charge in [-0.2, -0.15) is 5.10 Å². The fourth-order valence-electron chi connectivity index (χ4n) is 1.70. The molecule has 1 aromatic carbocycles. The second-order valence-electron chi connectivity index (χ2n) is 4.89. The van der Waals surface area contributed by atoms with Gasteiger partial charge in [0.1, 0.15) is 0 Å². The van der Waals surface area contributed by atoms with Crippen LogP contribution in [0.15, 0.2) is 24.3 Å². The first-order valence-electron chi connectivity index (χ1n) is 5.74. The predicted octanol–water partition coefficient (Wildman–Crippen LogP) is 2.09. The van der Waals surface area contributed by atoms with Crippen molar-refractivity contribution in [3.63, 3.8) is 0 Å². The van der Waals surface area contributed by atoms with E-state index in [1.807, 2.05) is 39.0 Å². The summed E-state index contributed by atoms with van der Waals surface area (Å²) in [5.41, 5.74) is 6.47.